The van der Waals surface area contributed by atoms with E-state index in [1.54, 1.807) is 27.7 Å². The molecule has 0 heterocycles. The van der Waals surface area contributed by atoms with Gasteiger partial charge in [0.05, 0.1) is 0 Å². The molecule has 1 rings (SSSR count). The zero-order valence-electron chi connectivity index (χ0n) is 8.91. The van der Waals surface area contributed by atoms with Crippen LogP contribution in [0.5, 0.6) is 0 Å². The van der Waals surface area contributed by atoms with Gasteiger partial charge in [-0.2, -0.15) is 0 Å². The van der Waals surface area contributed by atoms with Gasteiger partial charge in [-0.15, -0.1) is 0 Å². The largest absolute Gasteiger partial charge is 0.322 e. The van der Waals surface area contributed by atoms with Gasteiger partial charge in [0.1, 0.15) is 11.6 Å². The molecule has 3 heteroatoms. The lowest BCUT2D eigenvalue weighted by atomic mass is 9.91. The molecule has 0 saturated carbocycles. The Morgan fingerprint density at radius 2 is 1.43 bits per heavy atom. The van der Waals surface area contributed by atoms with Crippen LogP contribution in [0.25, 0.3) is 0 Å². The van der Waals surface area contributed by atoms with Crippen LogP contribution >= 0.6 is 0 Å². The molecule has 0 aromatic heterocycles. The molecule has 0 aliphatic heterocycles. The van der Waals surface area contributed by atoms with Crippen LogP contribution in [-0.2, 0) is 5.54 Å². The summed E-state index contributed by atoms with van der Waals surface area (Å²) in [6.45, 7) is 6.40. The summed E-state index contributed by atoms with van der Waals surface area (Å²) in [5, 5.41) is 0. The highest BCUT2D eigenvalue weighted by Crippen LogP contribution is 2.27. The Morgan fingerprint density at radius 1 is 1.07 bits per heavy atom. The molecule has 0 spiro atoms. The third kappa shape index (κ3) is 1.77. The number of nitrogens with two attached hydrogens (primary N) is 1. The number of aryl methyl sites for hydroxylation is 2. The van der Waals surface area contributed by atoms with Gasteiger partial charge in [-0.3, -0.25) is 0 Å². The normalized spacial score (nSPS) is 11.9. The fourth-order valence-electron chi connectivity index (χ4n) is 1.51. The van der Waals surface area contributed by atoms with Crippen LogP contribution in [0, 0.1) is 25.5 Å². The van der Waals surface area contributed by atoms with Crippen LogP contribution in [0.4, 0.5) is 8.78 Å². The van der Waals surface area contributed by atoms with Crippen molar-refractivity contribution in [2.24, 2.45) is 5.73 Å². The van der Waals surface area contributed by atoms with Gasteiger partial charge in [0.25, 0.3) is 0 Å². The van der Waals surface area contributed by atoms with Crippen molar-refractivity contribution < 1.29 is 8.78 Å². The van der Waals surface area contributed by atoms with Gasteiger partial charge in [-0.25, -0.2) is 8.78 Å². The zero-order valence-corrected chi connectivity index (χ0v) is 8.91. The number of hydrogen-bond acceptors (Lipinski definition) is 1. The average molecular weight is 199 g/mol. The highest BCUT2D eigenvalue weighted by Gasteiger charge is 2.25. The van der Waals surface area contributed by atoms with E-state index in [2.05, 4.69) is 0 Å². The van der Waals surface area contributed by atoms with Crippen LogP contribution in [0.3, 0.4) is 0 Å². The van der Waals surface area contributed by atoms with Gasteiger partial charge < -0.3 is 5.73 Å². The Bertz CT molecular complexity index is 338. The van der Waals surface area contributed by atoms with E-state index in [-0.39, 0.29) is 5.56 Å². The molecule has 14 heavy (non-hydrogen) atoms. The van der Waals surface area contributed by atoms with E-state index in [4.69, 9.17) is 5.73 Å². The molecule has 0 unspecified atom stereocenters. The molecular formula is C11H15F2N. The predicted octanol–water partition coefficient (Wildman–Crippen LogP) is 2.78. The lowest BCUT2D eigenvalue weighted by Gasteiger charge is -2.22. The minimum Gasteiger partial charge on any atom is -0.322 e. The smallest absolute Gasteiger partial charge is 0.134 e. The van der Waals surface area contributed by atoms with E-state index >= 15 is 0 Å². The first-order chi connectivity index (χ1) is 6.25. The van der Waals surface area contributed by atoms with Crippen LogP contribution in [-0.4, -0.2) is 0 Å². The van der Waals surface area contributed by atoms with Crippen LogP contribution in [0.1, 0.15) is 30.5 Å². The minimum atomic E-state index is -0.995. The quantitative estimate of drug-likeness (QED) is 0.739. The Kier molecular flexibility index (Phi) is 2.63. The van der Waals surface area contributed by atoms with Crippen LogP contribution in [0.15, 0.2) is 6.07 Å². The van der Waals surface area contributed by atoms with E-state index in [1.807, 2.05) is 0 Å². The van der Waals surface area contributed by atoms with Crippen LogP contribution in [0.2, 0.25) is 0 Å². The molecule has 0 fully saturated rings. The lowest BCUT2D eigenvalue weighted by molar-refractivity contribution is 0.453. The van der Waals surface area contributed by atoms with Crippen LogP contribution < -0.4 is 5.73 Å². The second-order valence-corrected chi connectivity index (χ2v) is 4.24. The fraction of sp³-hybridized carbons (Fsp3) is 0.455. The van der Waals surface area contributed by atoms with Gasteiger partial charge in [-0.1, -0.05) is 6.07 Å². The molecular weight excluding hydrogens is 184 g/mol. The van der Waals surface area contributed by atoms with Gasteiger partial charge in [0.2, 0.25) is 0 Å². The number of hydrogen-bond donors (Lipinski definition) is 1. The highest BCUT2D eigenvalue weighted by molar-refractivity contribution is 5.36. The molecule has 0 saturated heterocycles. The van der Waals surface area contributed by atoms with Gasteiger partial charge in [0.15, 0.2) is 0 Å². The molecule has 0 bridgehead atoms. The maximum Gasteiger partial charge on any atom is 0.134 e. The first-order valence-electron chi connectivity index (χ1n) is 4.49. The molecule has 0 atom stereocenters. The minimum absolute atomic E-state index is 0.0324. The van der Waals surface area contributed by atoms with E-state index in [1.165, 1.54) is 6.07 Å². The summed E-state index contributed by atoms with van der Waals surface area (Å²) in [5.41, 5.74) is 5.55. The molecule has 1 aromatic carbocycles. The molecule has 1 nitrogen and oxygen atoms in total. The molecule has 0 aliphatic rings. The number of benzene rings is 1. The average Bonchev–Trinajstić information content (AvgIpc) is 1.98. The molecule has 0 radical (unpaired) electrons. The van der Waals surface area contributed by atoms with Gasteiger partial charge in [-0.05, 0) is 38.8 Å². The van der Waals surface area contributed by atoms with Crippen molar-refractivity contribution in [2.75, 3.05) is 0 Å². The highest BCUT2D eigenvalue weighted by atomic mass is 19.1. The van der Waals surface area contributed by atoms with E-state index in [9.17, 15) is 8.78 Å². The summed E-state index contributed by atoms with van der Waals surface area (Å²) >= 11 is 0. The van der Waals surface area contributed by atoms with Crippen molar-refractivity contribution in [1.29, 1.82) is 0 Å². The summed E-state index contributed by atoms with van der Waals surface area (Å²) in [7, 11) is 0. The molecule has 0 amide bonds. The van der Waals surface area contributed by atoms with Crippen molar-refractivity contribution in [3.63, 3.8) is 0 Å². The second-order valence-electron chi connectivity index (χ2n) is 4.24. The number of halogens is 2. The van der Waals surface area contributed by atoms with Gasteiger partial charge in [0, 0.05) is 11.1 Å². The van der Waals surface area contributed by atoms with E-state index in [0.717, 1.165) is 0 Å². The van der Waals surface area contributed by atoms with Crippen molar-refractivity contribution in [2.45, 2.75) is 33.2 Å². The van der Waals surface area contributed by atoms with E-state index < -0.39 is 17.2 Å². The Hall–Kier alpha value is -0.960. The SMILES string of the molecule is Cc1cc(C)c(F)c(C(C)(C)N)c1F. The third-order valence-electron chi connectivity index (χ3n) is 2.21. The molecule has 0 aliphatic carbocycles. The first kappa shape index (κ1) is 11.1. The van der Waals surface area contributed by atoms with Crippen molar-refractivity contribution in [1.82, 2.24) is 0 Å². The maximum atomic E-state index is 13.6. The Balaban J connectivity index is 3.56. The van der Waals surface area contributed by atoms with Gasteiger partial charge >= 0.3 is 0 Å². The second kappa shape index (κ2) is 3.31. The topological polar surface area (TPSA) is 26.0 Å². The van der Waals surface area contributed by atoms with Crippen molar-refractivity contribution in [3.05, 3.63) is 34.4 Å². The molecule has 1 aromatic rings. The third-order valence-corrected chi connectivity index (χ3v) is 2.21. The zero-order chi connectivity index (χ0) is 11.1. The fourth-order valence-corrected chi connectivity index (χ4v) is 1.51. The maximum absolute atomic E-state index is 13.6. The van der Waals surface area contributed by atoms with Crippen molar-refractivity contribution >= 4 is 0 Å². The standard InChI is InChI=1S/C11H15F2N/c1-6-5-7(2)10(13)8(9(6)12)11(3,4)14/h5H,14H2,1-4H3. The summed E-state index contributed by atoms with van der Waals surface area (Å²) in [6, 6.07) is 1.49. The molecule has 78 valence electrons. The Labute approximate surface area is 82.9 Å². The van der Waals surface area contributed by atoms with E-state index in [0.29, 0.717) is 11.1 Å². The summed E-state index contributed by atoms with van der Waals surface area (Å²) in [6.07, 6.45) is 0. The number of rotatable bonds is 1. The monoisotopic (exact) mass is 199 g/mol. The van der Waals surface area contributed by atoms with Crippen molar-refractivity contribution in [3.8, 4) is 0 Å². The summed E-state index contributed by atoms with van der Waals surface area (Å²) < 4.78 is 27.2. The Morgan fingerprint density at radius 3 is 1.71 bits per heavy atom. The summed E-state index contributed by atoms with van der Waals surface area (Å²) in [5.74, 6) is -1.08. The predicted molar refractivity (Wildman–Crippen MR) is 53.0 cm³/mol. The first-order valence-corrected chi connectivity index (χ1v) is 4.49. The summed E-state index contributed by atoms with van der Waals surface area (Å²) in [4.78, 5) is 0. The molecule has 2 N–H and O–H groups in total. The lowest BCUT2D eigenvalue weighted by Crippen LogP contribution is -2.32.